The molecule has 2 N–H and O–H groups in total. The van der Waals surface area contributed by atoms with Crippen LogP contribution in [-0.2, 0) is 11.3 Å². The second-order valence-corrected chi connectivity index (χ2v) is 4.49. The second kappa shape index (κ2) is 5.99. The van der Waals surface area contributed by atoms with Crippen LogP contribution in [0, 0.1) is 0 Å². The number of nitrogens with one attached hydrogen (secondary N) is 1. The zero-order valence-electron chi connectivity index (χ0n) is 10.4. The Morgan fingerprint density at radius 2 is 2.50 bits per heavy atom. The van der Waals surface area contributed by atoms with E-state index in [0.29, 0.717) is 12.3 Å². The Morgan fingerprint density at radius 3 is 3.17 bits per heavy atom. The van der Waals surface area contributed by atoms with E-state index in [2.05, 4.69) is 17.3 Å². The number of ether oxygens (including phenoxy) is 1. The van der Waals surface area contributed by atoms with E-state index in [1.54, 1.807) is 0 Å². The van der Waals surface area contributed by atoms with Gasteiger partial charge in [-0.1, -0.05) is 0 Å². The van der Waals surface area contributed by atoms with Crippen molar-refractivity contribution in [1.29, 1.82) is 0 Å². The molecule has 0 aromatic carbocycles. The normalized spacial score (nSPS) is 21.1. The molecule has 100 valence electrons. The molecular weight excluding hydrogens is 236 g/mol. The number of hydrogen-bond donors (Lipinski definition) is 2. The number of nitrogens with zero attached hydrogens (tertiary/aromatic N) is 1. The summed E-state index contributed by atoms with van der Waals surface area (Å²) in [6.07, 6.45) is 1.43. The van der Waals surface area contributed by atoms with Crippen molar-refractivity contribution in [2.75, 3.05) is 33.3 Å². The van der Waals surface area contributed by atoms with Crippen LogP contribution in [0.5, 0.6) is 0 Å². The van der Waals surface area contributed by atoms with Crippen molar-refractivity contribution < 1.29 is 19.1 Å². The van der Waals surface area contributed by atoms with Gasteiger partial charge in [-0.3, -0.25) is 0 Å². The molecule has 6 nitrogen and oxygen atoms in total. The van der Waals surface area contributed by atoms with E-state index in [4.69, 9.17) is 14.3 Å². The Balaban J connectivity index is 1.72. The van der Waals surface area contributed by atoms with Crippen LogP contribution in [0.25, 0.3) is 0 Å². The standard InChI is InChI=1S/C12H18N2O4/c1-14-2-3-17-11(7-14)6-13-5-10-4-9(8-18-10)12(15)16/h4,8,11,13H,2-3,5-7H2,1H3,(H,15,16). The molecule has 1 aliphatic heterocycles. The van der Waals surface area contributed by atoms with E-state index in [1.165, 1.54) is 12.3 Å². The lowest BCUT2D eigenvalue weighted by Crippen LogP contribution is -2.44. The molecule has 1 atom stereocenters. The number of morpholine rings is 1. The minimum absolute atomic E-state index is 0.178. The third-order valence-corrected chi connectivity index (χ3v) is 2.91. The highest BCUT2D eigenvalue weighted by molar-refractivity contribution is 5.87. The molecule has 1 aliphatic rings. The first-order valence-corrected chi connectivity index (χ1v) is 5.96. The molecule has 2 rings (SSSR count). The van der Waals surface area contributed by atoms with E-state index < -0.39 is 5.97 Å². The third kappa shape index (κ3) is 3.56. The van der Waals surface area contributed by atoms with Crippen LogP contribution in [0.1, 0.15) is 16.1 Å². The van der Waals surface area contributed by atoms with Gasteiger partial charge in [0.15, 0.2) is 0 Å². The van der Waals surface area contributed by atoms with Gasteiger partial charge in [-0.25, -0.2) is 4.79 Å². The number of hydrogen-bond acceptors (Lipinski definition) is 5. The van der Waals surface area contributed by atoms with E-state index in [-0.39, 0.29) is 11.7 Å². The van der Waals surface area contributed by atoms with E-state index in [0.717, 1.165) is 26.2 Å². The summed E-state index contributed by atoms with van der Waals surface area (Å²) in [6, 6.07) is 1.53. The molecule has 0 bridgehead atoms. The number of carbonyl (C=O) groups is 1. The molecule has 1 aromatic heterocycles. The summed E-state index contributed by atoms with van der Waals surface area (Å²) in [5.74, 6) is -0.348. The molecule has 18 heavy (non-hydrogen) atoms. The number of likely N-dealkylation sites (N-methyl/N-ethyl adjacent to an activating group) is 1. The number of carboxylic acids is 1. The quantitative estimate of drug-likeness (QED) is 0.792. The van der Waals surface area contributed by atoms with Crippen LogP contribution in [0.3, 0.4) is 0 Å². The Morgan fingerprint density at radius 1 is 1.67 bits per heavy atom. The largest absolute Gasteiger partial charge is 0.478 e. The van der Waals surface area contributed by atoms with Crippen molar-refractivity contribution in [3.05, 3.63) is 23.7 Å². The Bertz CT molecular complexity index is 405. The minimum atomic E-state index is -0.970. The summed E-state index contributed by atoms with van der Waals surface area (Å²) in [5.41, 5.74) is 0.181. The molecule has 0 radical (unpaired) electrons. The van der Waals surface area contributed by atoms with Gasteiger partial charge in [0.1, 0.15) is 12.0 Å². The maximum absolute atomic E-state index is 10.7. The highest BCUT2D eigenvalue weighted by Gasteiger charge is 2.17. The number of rotatable bonds is 5. The molecular formula is C12H18N2O4. The number of aromatic carboxylic acids is 1. The van der Waals surface area contributed by atoms with Crippen molar-refractivity contribution in [1.82, 2.24) is 10.2 Å². The third-order valence-electron chi connectivity index (χ3n) is 2.91. The lowest BCUT2D eigenvalue weighted by Gasteiger charge is -2.30. The van der Waals surface area contributed by atoms with Gasteiger partial charge in [0.2, 0.25) is 0 Å². The lowest BCUT2D eigenvalue weighted by atomic mass is 10.2. The van der Waals surface area contributed by atoms with Gasteiger partial charge in [-0.05, 0) is 13.1 Å². The fourth-order valence-corrected chi connectivity index (χ4v) is 1.93. The van der Waals surface area contributed by atoms with Crippen molar-refractivity contribution in [2.24, 2.45) is 0 Å². The van der Waals surface area contributed by atoms with Crippen LogP contribution in [0.15, 0.2) is 16.7 Å². The van der Waals surface area contributed by atoms with E-state index in [9.17, 15) is 4.79 Å². The van der Waals surface area contributed by atoms with Crippen molar-refractivity contribution in [2.45, 2.75) is 12.6 Å². The summed E-state index contributed by atoms with van der Waals surface area (Å²) >= 11 is 0. The summed E-state index contributed by atoms with van der Waals surface area (Å²) in [4.78, 5) is 12.9. The summed E-state index contributed by atoms with van der Waals surface area (Å²) < 4.78 is 10.7. The summed E-state index contributed by atoms with van der Waals surface area (Å²) in [6.45, 7) is 3.87. The number of carboxylic acid groups (broad SMARTS) is 1. The van der Waals surface area contributed by atoms with Crippen molar-refractivity contribution in [3.63, 3.8) is 0 Å². The van der Waals surface area contributed by atoms with Crippen LogP contribution in [0.2, 0.25) is 0 Å². The van der Waals surface area contributed by atoms with E-state index in [1.807, 2.05) is 0 Å². The van der Waals surface area contributed by atoms with Crippen molar-refractivity contribution in [3.8, 4) is 0 Å². The Labute approximate surface area is 106 Å². The molecule has 0 aliphatic carbocycles. The minimum Gasteiger partial charge on any atom is -0.478 e. The first-order valence-electron chi connectivity index (χ1n) is 5.96. The predicted octanol–water partition coefficient (Wildman–Crippen LogP) is 0.398. The molecule has 1 fully saturated rings. The van der Waals surface area contributed by atoms with Gasteiger partial charge in [-0.2, -0.15) is 0 Å². The molecule has 0 saturated carbocycles. The molecule has 1 saturated heterocycles. The molecule has 1 aromatic rings. The Kier molecular flexibility index (Phi) is 4.35. The van der Waals surface area contributed by atoms with Crippen LogP contribution >= 0.6 is 0 Å². The highest BCUT2D eigenvalue weighted by atomic mass is 16.5. The van der Waals surface area contributed by atoms with Gasteiger partial charge in [0.25, 0.3) is 0 Å². The molecule has 0 spiro atoms. The van der Waals surface area contributed by atoms with Gasteiger partial charge in [0.05, 0.1) is 24.8 Å². The molecule has 1 unspecified atom stereocenters. The van der Waals surface area contributed by atoms with Crippen molar-refractivity contribution >= 4 is 5.97 Å². The smallest absolute Gasteiger partial charge is 0.338 e. The van der Waals surface area contributed by atoms with Crippen LogP contribution < -0.4 is 5.32 Å². The highest BCUT2D eigenvalue weighted by Crippen LogP contribution is 2.08. The fraction of sp³-hybridized carbons (Fsp3) is 0.583. The van der Waals surface area contributed by atoms with Crippen LogP contribution in [-0.4, -0.2) is 55.4 Å². The second-order valence-electron chi connectivity index (χ2n) is 4.49. The van der Waals surface area contributed by atoms with E-state index >= 15 is 0 Å². The maximum Gasteiger partial charge on any atom is 0.338 e. The average molecular weight is 254 g/mol. The van der Waals surface area contributed by atoms with Gasteiger partial charge in [-0.15, -0.1) is 0 Å². The van der Waals surface area contributed by atoms with Gasteiger partial charge < -0.3 is 24.5 Å². The van der Waals surface area contributed by atoms with Crippen LogP contribution in [0.4, 0.5) is 0 Å². The fourth-order valence-electron chi connectivity index (χ4n) is 1.93. The predicted molar refractivity (Wildman–Crippen MR) is 64.6 cm³/mol. The van der Waals surface area contributed by atoms with Gasteiger partial charge >= 0.3 is 5.97 Å². The molecule has 2 heterocycles. The lowest BCUT2D eigenvalue weighted by molar-refractivity contribution is -0.0183. The SMILES string of the molecule is CN1CCOC(CNCc2cc(C(=O)O)co2)C1. The molecule has 6 heteroatoms. The summed E-state index contributed by atoms with van der Waals surface area (Å²) in [7, 11) is 2.07. The first kappa shape index (κ1) is 13.1. The monoisotopic (exact) mass is 254 g/mol. The molecule has 0 amide bonds. The average Bonchev–Trinajstić information content (AvgIpc) is 2.78. The zero-order valence-corrected chi connectivity index (χ0v) is 10.4. The number of furan rings is 1. The Hall–Kier alpha value is -1.37. The first-order chi connectivity index (χ1) is 8.65. The van der Waals surface area contributed by atoms with Gasteiger partial charge in [0, 0.05) is 19.6 Å². The maximum atomic E-state index is 10.7. The zero-order chi connectivity index (χ0) is 13.0. The topological polar surface area (TPSA) is 74.9 Å². The summed E-state index contributed by atoms with van der Waals surface area (Å²) in [5, 5.41) is 12.0.